The van der Waals surface area contributed by atoms with Gasteiger partial charge in [0, 0.05) is 32.7 Å². The number of fused-ring (bicyclic) bond motifs is 1. The lowest BCUT2D eigenvalue weighted by molar-refractivity contribution is 0.130. The number of nitrogens with two attached hydrogens (primary N) is 1. The highest BCUT2D eigenvalue weighted by atomic mass is 32.2. The molecule has 4 N–H and O–H groups in total. The van der Waals surface area contributed by atoms with Crippen molar-refractivity contribution < 1.29 is 17.9 Å². The number of hydrogen-bond acceptors (Lipinski definition) is 10. The normalized spacial score (nSPS) is 19.4. The Morgan fingerprint density at radius 3 is 2.46 bits per heavy atom. The van der Waals surface area contributed by atoms with E-state index in [0.29, 0.717) is 29.7 Å². The maximum absolute atomic E-state index is 13.2. The third kappa shape index (κ3) is 7.27. The fourth-order valence-corrected chi connectivity index (χ4v) is 7.55. The summed E-state index contributed by atoms with van der Waals surface area (Å²) in [5, 5.41) is 6.40. The van der Waals surface area contributed by atoms with Crippen LogP contribution >= 0.6 is 0 Å². The quantitative estimate of drug-likeness (QED) is 0.276. The van der Waals surface area contributed by atoms with Gasteiger partial charge in [-0.3, -0.25) is 0 Å². The summed E-state index contributed by atoms with van der Waals surface area (Å²) in [7, 11) is 0.153. The zero-order chi connectivity index (χ0) is 33.2. The van der Waals surface area contributed by atoms with Crippen molar-refractivity contribution in [2.24, 2.45) is 10.7 Å². The standard InChI is InChI=1S/C35H50N6O4S/c1-22(2)45-31-19-26(25-12-14-41(15-13-25)16-17-44-7)24(5)18-30(31)38-34-20-27-29(37-34)21-33(36)40(6)35(27)39-28-10-8-9-11-32(28)46(42,43)23(3)4/h8-11,18-20,22-23,25,33,38-39H,12-17,21,36H2,1-7H3. The second-order valence-corrected chi connectivity index (χ2v) is 15.5. The second-order valence-electron chi connectivity index (χ2n) is 13.1. The highest BCUT2D eigenvalue weighted by molar-refractivity contribution is 7.92. The molecule has 0 aliphatic carbocycles. The number of piperidine rings is 1. The maximum atomic E-state index is 13.2. The smallest absolute Gasteiger partial charge is 0.182 e. The van der Waals surface area contributed by atoms with E-state index in [0.717, 1.165) is 61.8 Å². The number of likely N-dealkylation sites (tertiary alicyclic amines) is 1. The fourth-order valence-electron chi connectivity index (χ4n) is 6.35. The van der Waals surface area contributed by atoms with Crippen molar-refractivity contribution in [3.05, 3.63) is 70.8 Å². The molecule has 1 saturated heterocycles. The number of nitrogens with one attached hydrogen (secondary N) is 2. The van der Waals surface area contributed by atoms with Crippen molar-refractivity contribution in [2.45, 2.75) is 82.2 Å². The lowest BCUT2D eigenvalue weighted by Crippen LogP contribution is -2.46. The van der Waals surface area contributed by atoms with Gasteiger partial charge >= 0.3 is 0 Å². The number of sulfone groups is 1. The third-order valence-corrected chi connectivity index (χ3v) is 11.3. The van der Waals surface area contributed by atoms with Crippen LogP contribution in [-0.2, 0) is 14.6 Å². The van der Waals surface area contributed by atoms with Crippen LogP contribution in [0.3, 0.4) is 0 Å². The Hall–Kier alpha value is -3.38. The number of nitrogens with zero attached hydrogens (tertiary/aromatic N) is 3. The molecule has 11 heteroatoms. The molecule has 0 saturated carbocycles. The van der Waals surface area contributed by atoms with Crippen molar-refractivity contribution in [2.75, 3.05) is 51.0 Å². The first-order valence-corrected chi connectivity index (χ1v) is 17.9. The molecule has 5 rings (SSSR count). The van der Waals surface area contributed by atoms with Gasteiger partial charge in [-0.25, -0.2) is 13.4 Å². The first-order chi connectivity index (χ1) is 21.9. The van der Waals surface area contributed by atoms with Crippen molar-refractivity contribution >= 4 is 26.9 Å². The summed E-state index contributed by atoms with van der Waals surface area (Å²) in [6.45, 7) is 13.5. The highest BCUT2D eigenvalue weighted by Crippen LogP contribution is 2.39. The lowest BCUT2D eigenvalue weighted by atomic mass is 9.86. The van der Waals surface area contributed by atoms with Crippen LogP contribution in [0.2, 0.25) is 0 Å². The number of anilines is 2. The molecule has 1 unspecified atom stereocenters. The van der Waals surface area contributed by atoms with Crippen LogP contribution in [0, 0.1) is 6.92 Å². The Balaban J connectivity index is 1.44. The minimum Gasteiger partial charge on any atom is -0.489 e. The van der Waals surface area contributed by atoms with Gasteiger partial charge in [-0.15, -0.1) is 0 Å². The summed E-state index contributed by atoms with van der Waals surface area (Å²) in [5.74, 6) is 2.68. The number of allylic oxidation sites excluding steroid dienone is 2. The van der Waals surface area contributed by atoms with E-state index in [9.17, 15) is 8.42 Å². The maximum Gasteiger partial charge on any atom is 0.182 e. The summed E-state index contributed by atoms with van der Waals surface area (Å²) in [4.78, 5) is 9.63. The molecule has 1 atom stereocenters. The molecule has 10 nitrogen and oxygen atoms in total. The van der Waals surface area contributed by atoms with E-state index in [1.54, 1.807) is 39.2 Å². The van der Waals surface area contributed by atoms with E-state index in [4.69, 9.17) is 20.2 Å². The van der Waals surface area contributed by atoms with Gasteiger partial charge in [0.05, 0.1) is 46.1 Å². The molecule has 2 aromatic rings. The molecular formula is C35H50N6O4S. The average molecular weight is 651 g/mol. The number of benzene rings is 2. The molecule has 3 heterocycles. The van der Waals surface area contributed by atoms with Crippen LogP contribution < -0.4 is 21.1 Å². The largest absolute Gasteiger partial charge is 0.489 e. The van der Waals surface area contributed by atoms with E-state index >= 15 is 0 Å². The number of para-hydroxylation sites is 1. The molecule has 0 aromatic heterocycles. The Morgan fingerprint density at radius 1 is 1.07 bits per heavy atom. The monoisotopic (exact) mass is 650 g/mol. The molecular weight excluding hydrogens is 600 g/mol. The average Bonchev–Trinajstić information content (AvgIpc) is 3.41. The van der Waals surface area contributed by atoms with E-state index in [2.05, 4.69) is 34.6 Å². The first kappa shape index (κ1) is 34.0. The minimum atomic E-state index is -3.51. The number of methoxy groups -OCH3 is 1. The van der Waals surface area contributed by atoms with Crippen molar-refractivity contribution in [3.8, 4) is 5.75 Å². The Kier molecular flexibility index (Phi) is 10.5. The Bertz CT molecular complexity index is 1620. The predicted molar refractivity (Wildman–Crippen MR) is 186 cm³/mol. The molecule has 0 spiro atoms. The molecule has 0 radical (unpaired) electrons. The number of rotatable bonds is 12. The van der Waals surface area contributed by atoms with E-state index in [1.165, 1.54) is 11.1 Å². The molecule has 2 aromatic carbocycles. The van der Waals surface area contributed by atoms with Crippen molar-refractivity contribution in [1.29, 1.82) is 0 Å². The van der Waals surface area contributed by atoms with Gasteiger partial charge in [0.2, 0.25) is 0 Å². The topological polar surface area (TPSA) is 122 Å². The zero-order valence-corrected chi connectivity index (χ0v) is 29.1. The van der Waals surface area contributed by atoms with Crippen LogP contribution in [0.1, 0.15) is 64.0 Å². The summed E-state index contributed by atoms with van der Waals surface area (Å²) in [6.07, 6.45) is 4.45. The molecule has 46 heavy (non-hydrogen) atoms. The van der Waals surface area contributed by atoms with Crippen LogP contribution in [0.25, 0.3) is 0 Å². The lowest BCUT2D eigenvalue weighted by Gasteiger charge is -2.35. The van der Waals surface area contributed by atoms with Crippen molar-refractivity contribution in [1.82, 2.24) is 9.80 Å². The molecule has 0 amide bonds. The zero-order valence-electron chi connectivity index (χ0n) is 28.3. The van der Waals surface area contributed by atoms with Crippen LogP contribution in [0.15, 0.2) is 69.6 Å². The fraction of sp³-hybridized carbons (Fsp3) is 0.514. The summed E-state index contributed by atoms with van der Waals surface area (Å²) in [5.41, 5.74) is 12.2. The van der Waals surface area contributed by atoms with E-state index in [1.807, 2.05) is 37.9 Å². The van der Waals surface area contributed by atoms with Gasteiger partial charge in [-0.2, -0.15) is 0 Å². The van der Waals surface area contributed by atoms with Gasteiger partial charge < -0.3 is 35.6 Å². The molecule has 3 aliphatic heterocycles. The Labute approximate surface area is 274 Å². The predicted octanol–water partition coefficient (Wildman–Crippen LogP) is 5.44. The van der Waals surface area contributed by atoms with E-state index in [-0.39, 0.29) is 17.2 Å². The number of ether oxygens (including phenoxy) is 2. The molecule has 250 valence electrons. The molecule has 0 bridgehead atoms. The summed E-state index contributed by atoms with van der Waals surface area (Å²) >= 11 is 0. The number of aliphatic imine (C=N–C) groups is 1. The first-order valence-electron chi connectivity index (χ1n) is 16.3. The summed E-state index contributed by atoms with van der Waals surface area (Å²) < 4.78 is 38.0. The SMILES string of the molecule is COCCN1CCC(c2cc(OC(C)C)c(NC3=CC4=C(Nc5ccccc5S(=O)(=O)C(C)C)N(C)C(N)CC4=N3)cc2C)CC1. The van der Waals surface area contributed by atoms with Crippen LogP contribution in [-0.4, -0.2) is 81.8 Å². The van der Waals surface area contributed by atoms with Gasteiger partial charge in [-0.1, -0.05) is 12.1 Å². The van der Waals surface area contributed by atoms with E-state index < -0.39 is 15.1 Å². The van der Waals surface area contributed by atoms with Gasteiger partial charge in [0.25, 0.3) is 0 Å². The van der Waals surface area contributed by atoms with Crippen LogP contribution in [0.5, 0.6) is 5.75 Å². The molecule has 3 aliphatic rings. The van der Waals surface area contributed by atoms with Gasteiger partial charge in [0.15, 0.2) is 9.84 Å². The number of hydrogen-bond donors (Lipinski definition) is 3. The Morgan fingerprint density at radius 2 is 1.78 bits per heavy atom. The third-order valence-electron chi connectivity index (χ3n) is 9.06. The van der Waals surface area contributed by atoms with Gasteiger partial charge in [0.1, 0.15) is 17.4 Å². The second kappa shape index (κ2) is 14.2. The highest BCUT2D eigenvalue weighted by Gasteiger charge is 2.32. The van der Waals surface area contributed by atoms with Gasteiger partial charge in [-0.05, 0) is 108 Å². The molecule has 1 fully saturated rings. The van der Waals surface area contributed by atoms with Crippen molar-refractivity contribution in [3.63, 3.8) is 0 Å². The minimum absolute atomic E-state index is 0.00537. The summed E-state index contributed by atoms with van der Waals surface area (Å²) in [6, 6.07) is 11.4. The van der Waals surface area contributed by atoms with Crippen LogP contribution in [0.4, 0.5) is 11.4 Å². The number of aryl methyl sites for hydroxylation is 1.